The van der Waals surface area contributed by atoms with Gasteiger partial charge in [0.05, 0.1) is 5.56 Å². The lowest BCUT2D eigenvalue weighted by Crippen LogP contribution is -2.22. The van der Waals surface area contributed by atoms with E-state index in [-0.39, 0.29) is 17.3 Å². The third kappa shape index (κ3) is 1.45. The standard InChI is InChI=1S/C13H6BrNO2/c14-10-6-5-9-11(15-10)13(17)8-4-2-1-3-7(8)12(9)16/h1-6H. The Morgan fingerprint density at radius 2 is 1.47 bits per heavy atom. The van der Waals surface area contributed by atoms with E-state index in [2.05, 4.69) is 20.9 Å². The maximum absolute atomic E-state index is 12.2. The molecule has 0 N–H and O–H groups in total. The Bertz CT molecular complexity index is 664. The molecule has 1 aromatic carbocycles. The van der Waals surface area contributed by atoms with E-state index in [0.29, 0.717) is 21.3 Å². The molecule has 0 saturated carbocycles. The molecule has 0 spiro atoms. The first-order chi connectivity index (χ1) is 8.18. The molecular weight excluding hydrogens is 282 g/mol. The van der Waals surface area contributed by atoms with Crippen LogP contribution in [0.25, 0.3) is 0 Å². The number of hydrogen-bond acceptors (Lipinski definition) is 3. The highest BCUT2D eigenvalue weighted by molar-refractivity contribution is 9.10. The lowest BCUT2D eigenvalue weighted by molar-refractivity contribution is 0.0975. The van der Waals surface area contributed by atoms with Gasteiger partial charge in [-0.3, -0.25) is 9.59 Å². The maximum Gasteiger partial charge on any atom is 0.212 e. The van der Waals surface area contributed by atoms with Crippen molar-refractivity contribution < 1.29 is 9.59 Å². The van der Waals surface area contributed by atoms with Gasteiger partial charge in [0, 0.05) is 11.1 Å². The summed E-state index contributed by atoms with van der Waals surface area (Å²) in [5.41, 5.74) is 1.48. The van der Waals surface area contributed by atoms with Gasteiger partial charge in [-0.15, -0.1) is 0 Å². The van der Waals surface area contributed by atoms with E-state index >= 15 is 0 Å². The largest absolute Gasteiger partial charge is 0.288 e. The van der Waals surface area contributed by atoms with Crippen LogP contribution in [0, 0.1) is 0 Å². The van der Waals surface area contributed by atoms with Gasteiger partial charge >= 0.3 is 0 Å². The second kappa shape index (κ2) is 3.60. The van der Waals surface area contributed by atoms with E-state index in [1.807, 2.05) is 0 Å². The number of hydrogen-bond donors (Lipinski definition) is 0. The van der Waals surface area contributed by atoms with Gasteiger partial charge in [-0.2, -0.15) is 0 Å². The highest BCUT2D eigenvalue weighted by Gasteiger charge is 2.30. The molecule has 1 aliphatic carbocycles. The fourth-order valence-electron chi connectivity index (χ4n) is 1.94. The molecule has 0 radical (unpaired) electrons. The fraction of sp³-hybridized carbons (Fsp3) is 0. The number of pyridine rings is 1. The summed E-state index contributed by atoms with van der Waals surface area (Å²) in [5, 5.41) is 0. The lowest BCUT2D eigenvalue weighted by Gasteiger charge is -2.15. The van der Waals surface area contributed by atoms with Crippen LogP contribution in [-0.2, 0) is 0 Å². The molecule has 0 aliphatic heterocycles. The molecule has 1 heterocycles. The molecule has 3 rings (SSSR count). The monoisotopic (exact) mass is 287 g/mol. The van der Waals surface area contributed by atoms with Crippen molar-refractivity contribution in [2.75, 3.05) is 0 Å². The Morgan fingerprint density at radius 1 is 0.824 bits per heavy atom. The maximum atomic E-state index is 12.2. The molecule has 82 valence electrons. The fourth-order valence-corrected chi connectivity index (χ4v) is 2.25. The zero-order valence-corrected chi connectivity index (χ0v) is 10.2. The number of benzene rings is 1. The van der Waals surface area contributed by atoms with E-state index in [1.54, 1.807) is 36.4 Å². The van der Waals surface area contributed by atoms with Crippen molar-refractivity contribution in [3.05, 3.63) is 63.4 Å². The SMILES string of the molecule is O=C1c2ccccc2C(=O)c2nc(Br)ccc21. The molecule has 17 heavy (non-hydrogen) atoms. The normalized spacial score (nSPS) is 13.2. The van der Waals surface area contributed by atoms with E-state index < -0.39 is 0 Å². The molecule has 0 fully saturated rings. The molecule has 4 heteroatoms. The van der Waals surface area contributed by atoms with Gasteiger partial charge in [0.2, 0.25) is 5.78 Å². The predicted octanol–water partition coefficient (Wildman–Crippen LogP) is 2.62. The summed E-state index contributed by atoms with van der Waals surface area (Å²) in [7, 11) is 0. The van der Waals surface area contributed by atoms with Gasteiger partial charge in [0.15, 0.2) is 5.78 Å². The van der Waals surface area contributed by atoms with Crippen LogP contribution in [0.1, 0.15) is 32.0 Å². The highest BCUT2D eigenvalue weighted by Crippen LogP contribution is 2.26. The molecule has 0 amide bonds. The quantitative estimate of drug-likeness (QED) is 0.597. The topological polar surface area (TPSA) is 47.0 Å². The van der Waals surface area contributed by atoms with Crippen LogP contribution < -0.4 is 0 Å². The van der Waals surface area contributed by atoms with Gasteiger partial charge in [-0.25, -0.2) is 4.98 Å². The number of carbonyl (C=O) groups excluding carboxylic acids is 2. The predicted molar refractivity (Wildman–Crippen MR) is 65.2 cm³/mol. The van der Waals surface area contributed by atoms with E-state index in [9.17, 15) is 9.59 Å². The molecule has 0 saturated heterocycles. The van der Waals surface area contributed by atoms with Crippen molar-refractivity contribution in [1.82, 2.24) is 4.98 Å². The van der Waals surface area contributed by atoms with Gasteiger partial charge in [0.1, 0.15) is 10.3 Å². The molecule has 1 aliphatic rings. The minimum Gasteiger partial charge on any atom is -0.288 e. The van der Waals surface area contributed by atoms with Crippen LogP contribution in [0.2, 0.25) is 0 Å². The number of ketones is 2. The summed E-state index contributed by atoms with van der Waals surface area (Å²) in [4.78, 5) is 28.4. The molecular formula is C13H6BrNO2. The second-order valence-electron chi connectivity index (χ2n) is 3.73. The first kappa shape index (κ1) is 10.4. The molecule has 0 unspecified atom stereocenters. The summed E-state index contributed by atoms with van der Waals surface area (Å²) >= 11 is 3.20. The van der Waals surface area contributed by atoms with E-state index in [4.69, 9.17) is 0 Å². The average Bonchev–Trinajstić information content (AvgIpc) is 2.36. The van der Waals surface area contributed by atoms with Crippen molar-refractivity contribution in [2.45, 2.75) is 0 Å². The Balaban J connectivity index is 2.33. The zero-order chi connectivity index (χ0) is 12.0. The Kier molecular flexibility index (Phi) is 2.19. The average molecular weight is 288 g/mol. The zero-order valence-electron chi connectivity index (χ0n) is 8.61. The summed E-state index contributed by atoms with van der Waals surface area (Å²) in [5.74, 6) is -0.341. The Hall–Kier alpha value is -1.81. The van der Waals surface area contributed by atoms with Gasteiger partial charge in [-0.05, 0) is 28.1 Å². The van der Waals surface area contributed by atoms with Gasteiger partial charge < -0.3 is 0 Å². The molecule has 3 nitrogen and oxygen atoms in total. The lowest BCUT2D eigenvalue weighted by atomic mass is 9.87. The molecule has 1 aromatic heterocycles. The van der Waals surface area contributed by atoms with Gasteiger partial charge in [-0.1, -0.05) is 24.3 Å². The van der Waals surface area contributed by atoms with E-state index in [1.165, 1.54) is 0 Å². The summed E-state index contributed by atoms with van der Waals surface area (Å²) in [6.45, 7) is 0. The van der Waals surface area contributed by atoms with Crippen molar-refractivity contribution in [2.24, 2.45) is 0 Å². The van der Waals surface area contributed by atoms with Crippen LogP contribution in [0.15, 0.2) is 41.0 Å². The smallest absolute Gasteiger partial charge is 0.212 e. The van der Waals surface area contributed by atoms with Crippen molar-refractivity contribution in [1.29, 1.82) is 0 Å². The number of nitrogens with zero attached hydrogens (tertiary/aromatic N) is 1. The summed E-state index contributed by atoms with van der Waals surface area (Å²) < 4.78 is 0.553. The van der Waals surface area contributed by atoms with Crippen LogP contribution in [0.3, 0.4) is 0 Å². The van der Waals surface area contributed by atoms with Crippen molar-refractivity contribution in [3.8, 4) is 0 Å². The highest BCUT2D eigenvalue weighted by atomic mass is 79.9. The summed E-state index contributed by atoms with van der Waals surface area (Å²) in [6, 6.07) is 10.1. The number of rotatable bonds is 0. The minimum atomic E-state index is -0.198. The van der Waals surface area contributed by atoms with Crippen LogP contribution in [-0.4, -0.2) is 16.6 Å². The van der Waals surface area contributed by atoms with Crippen LogP contribution in [0.4, 0.5) is 0 Å². The first-order valence-electron chi connectivity index (χ1n) is 5.03. The Morgan fingerprint density at radius 3 is 2.18 bits per heavy atom. The third-order valence-electron chi connectivity index (χ3n) is 2.74. The molecule has 0 bridgehead atoms. The first-order valence-corrected chi connectivity index (χ1v) is 5.83. The number of carbonyl (C=O) groups is 2. The third-order valence-corrected chi connectivity index (χ3v) is 3.18. The van der Waals surface area contributed by atoms with Crippen LogP contribution in [0.5, 0.6) is 0 Å². The van der Waals surface area contributed by atoms with E-state index in [0.717, 1.165) is 0 Å². The number of fused-ring (bicyclic) bond motifs is 2. The summed E-state index contributed by atoms with van der Waals surface area (Å²) in [6.07, 6.45) is 0. The van der Waals surface area contributed by atoms with Crippen LogP contribution >= 0.6 is 15.9 Å². The van der Waals surface area contributed by atoms with Gasteiger partial charge in [0.25, 0.3) is 0 Å². The van der Waals surface area contributed by atoms with Crippen molar-refractivity contribution in [3.63, 3.8) is 0 Å². The van der Waals surface area contributed by atoms with Crippen molar-refractivity contribution >= 4 is 27.5 Å². The second-order valence-corrected chi connectivity index (χ2v) is 4.55. The Labute approximate surface area is 106 Å². The number of halogens is 1. The minimum absolute atomic E-state index is 0.143. The molecule has 2 aromatic rings. The number of aromatic nitrogens is 1. The molecule has 0 atom stereocenters.